The van der Waals surface area contributed by atoms with Gasteiger partial charge in [0.1, 0.15) is 0 Å². The van der Waals surface area contributed by atoms with Gasteiger partial charge in [-0.05, 0) is 40.2 Å². The van der Waals surface area contributed by atoms with Crippen LogP contribution in [0, 0.1) is 0 Å². The maximum absolute atomic E-state index is 12.6. The molecule has 116 valence electrons. The zero-order valence-corrected chi connectivity index (χ0v) is 16.4. The Kier molecular flexibility index (Phi) is 4.79. The first-order valence-electron chi connectivity index (χ1n) is 6.58. The van der Waals surface area contributed by atoms with Gasteiger partial charge in [-0.1, -0.05) is 44.0 Å². The highest BCUT2D eigenvalue weighted by molar-refractivity contribution is 9.11. The number of nitrogens with zero attached hydrogens (tertiary/aromatic N) is 2. The van der Waals surface area contributed by atoms with Gasteiger partial charge in [-0.2, -0.15) is 0 Å². The van der Waals surface area contributed by atoms with Crippen molar-refractivity contribution in [2.75, 3.05) is 0 Å². The van der Waals surface area contributed by atoms with Crippen molar-refractivity contribution in [3.8, 4) is 0 Å². The van der Waals surface area contributed by atoms with Crippen molar-refractivity contribution in [1.82, 2.24) is 9.55 Å². The molecular weight excluding hydrogens is 492 g/mol. The van der Waals surface area contributed by atoms with Gasteiger partial charge < -0.3 is 0 Å². The fourth-order valence-corrected chi connectivity index (χ4v) is 3.78. The normalized spacial score (nSPS) is 10.9. The molecule has 3 rings (SSSR count). The largest absolute Gasteiger partial charge is 0.292 e. The molecule has 0 atom stereocenters. The summed E-state index contributed by atoms with van der Waals surface area (Å²) in [5.74, 6) is -0.144. The number of fused-ring (bicyclic) bond motifs is 1. The molecule has 0 saturated carbocycles. The summed E-state index contributed by atoms with van der Waals surface area (Å²) in [6, 6.07) is 10.6. The highest BCUT2D eigenvalue weighted by Gasteiger charge is 2.12. The van der Waals surface area contributed by atoms with Crippen LogP contribution in [0.15, 0.2) is 60.9 Å². The molecule has 1 heterocycles. The summed E-state index contributed by atoms with van der Waals surface area (Å²) in [6.07, 6.45) is 1.40. The highest BCUT2D eigenvalue weighted by Crippen LogP contribution is 2.24. The molecule has 3 aromatic rings. The van der Waals surface area contributed by atoms with Gasteiger partial charge in [-0.3, -0.25) is 14.2 Å². The molecule has 0 aliphatic heterocycles. The zero-order valence-electron chi connectivity index (χ0n) is 11.6. The van der Waals surface area contributed by atoms with Crippen molar-refractivity contribution in [1.29, 1.82) is 0 Å². The Morgan fingerprint density at radius 3 is 2.43 bits per heavy atom. The molecule has 0 radical (unpaired) electrons. The summed E-state index contributed by atoms with van der Waals surface area (Å²) in [7, 11) is 0. The van der Waals surface area contributed by atoms with Crippen LogP contribution in [0.5, 0.6) is 0 Å². The Labute approximate surface area is 156 Å². The summed E-state index contributed by atoms with van der Waals surface area (Å²) >= 11 is 10.1. The molecular formula is C16H9Br3N2O2. The third-order valence-electron chi connectivity index (χ3n) is 3.33. The van der Waals surface area contributed by atoms with E-state index >= 15 is 0 Å². The fraction of sp³-hybridized carbons (Fsp3) is 0.0625. The molecule has 0 unspecified atom stereocenters. The fourth-order valence-electron chi connectivity index (χ4n) is 2.19. The number of halogens is 3. The standard InChI is InChI=1S/C16H9Br3N2O2/c17-10-3-1-9(2-4-10)14(22)7-21-8-20-15-12(16(21)23)5-11(18)6-13(15)19/h1-6,8H,7H2. The van der Waals surface area contributed by atoms with Gasteiger partial charge in [0.15, 0.2) is 5.78 Å². The number of ketones is 1. The lowest BCUT2D eigenvalue weighted by molar-refractivity contribution is 0.0970. The molecule has 0 saturated heterocycles. The van der Waals surface area contributed by atoms with Crippen LogP contribution in [-0.2, 0) is 6.54 Å². The summed E-state index contributed by atoms with van der Waals surface area (Å²) in [4.78, 5) is 29.2. The zero-order chi connectivity index (χ0) is 16.6. The van der Waals surface area contributed by atoms with Crippen LogP contribution in [-0.4, -0.2) is 15.3 Å². The highest BCUT2D eigenvalue weighted by atomic mass is 79.9. The van der Waals surface area contributed by atoms with Crippen molar-refractivity contribution < 1.29 is 4.79 Å². The van der Waals surface area contributed by atoms with Crippen LogP contribution >= 0.6 is 47.8 Å². The van der Waals surface area contributed by atoms with Crippen LogP contribution in [0.3, 0.4) is 0 Å². The quantitative estimate of drug-likeness (QED) is 0.495. The van der Waals surface area contributed by atoms with E-state index in [0.717, 1.165) is 13.4 Å². The molecule has 7 heteroatoms. The maximum atomic E-state index is 12.6. The smallest absolute Gasteiger partial charge is 0.261 e. The van der Waals surface area contributed by atoms with Crippen LogP contribution in [0.25, 0.3) is 10.9 Å². The second-order valence-electron chi connectivity index (χ2n) is 4.89. The van der Waals surface area contributed by atoms with Crippen LogP contribution in [0.4, 0.5) is 0 Å². The molecule has 0 bridgehead atoms. The molecule has 0 amide bonds. The van der Waals surface area contributed by atoms with E-state index in [0.29, 0.717) is 16.5 Å². The maximum Gasteiger partial charge on any atom is 0.261 e. The number of aromatic nitrogens is 2. The minimum absolute atomic E-state index is 0.0481. The number of carbonyl (C=O) groups excluding carboxylic acids is 1. The lowest BCUT2D eigenvalue weighted by Crippen LogP contribution is -2.24. The van der Waals surface area contributed by atoms with Gasteiger partial charge in [-0.15, -0.1) is 0 Å². The summed E-state index contributed by atoms with van der Waals surface area (Å²) in [6.45, 7) is -0.0481. The molecule has 1 aromatic heterocycles. The molecule has 23 heavy (non-hydrogen) atoms. The third-order valence-corrected chi connectivity index (χ3v) is 4.92. The number of Topliss-reactive ketones (excluding diaryl/α,β-unsaturated/α-hetero) is 1. The predicted molar refractivity (Wildman–Crippen MR) is 99.9 cm³/mol. The van der Waals surface area contributed by atoms with E-state index < -0.39 is 0 Å². The Morgan fingerprint density at radius 1 is 1.04 bits per heavy atom. The monoisotopic (exact) mass is 498 g/mol. The number of carbonyl (C=O) groups is 1. The van der Waals surface area contributed by atoms with Gasteiger partial charge in [-0.25, -0.2) is 4.98 Å². The number of benzene rings is 2. The Morgan fingerprint density at radius 2 is 1.74 bits per heavy atom. The molecule has 2 aromatic carbocycles. The average Bonchev–Trinajstić information content (AvgIpc) is 2.51. The van der Waals surface area contributed by atoms with Gasteiger partial charge in [0.2, 0.25) is 0 Å². The molecule has 0 N–H and O–H groups in total. The van der Waals surface area contributed by atoms with Gasteiger partial charge in [0.05, 0.1) is 23.8 Å². The van der Waals surface area contributed by atoms with Crippen molar-refractivity contribution >= 4 is 64.5 Å². The second kappa shape index (κ2) is 6.67. The van der Waals surface area contributed by atoms with Gasteiger partial charge >= 0.3 is 0 Å². The van der Waals surface area contributed by atoms with E-state index in [1.54, 1.807) is 30.3 Å². The number of rotatable bonds is 3. The van der Waals surface area contributed by atoms with Gasteiger partial charge in [0, 0.05) is 19.0 Å². The van der Waals surface area contributed by atoms with Crippen molar-refractivity contribution in [2.45, 2.75) is 6.54 Å². The van der Waals surface area contributed by atoms with E-state index in [2.05, 4.69) is 52.8 Å². The minimum Gasteiger partial charge on any atom is -0.292 e. The Balaban J connectivity index is 2.00. The topological polar surface area (TPSA) is 52.0 Å². The molecule has 0 aliphatic carbocycles. The lowest BCUT2D eigenvalue weighted by Gasteiger charge is -2.07. The first kappa shape index (κ1) is 16.5. The number of hydrogen-bond acceptors (Lipinski definition) is 3. The number of hydrogen-bond donors (Lipinski definition) is 0. The van der Waals surface area contributed by atoms with Crippen LogP contribution in [0.2, 0.25) is 0 Å². The Hall–Kier alpha value is -1.31. The minimum atomic E-state index is -0.248. The van der Waals surface area contributed by atoms with Crippen molar-refractivity contribution in [3.05, 3.63) is 72.1 Å². The first-order chi connectivity index (χ1) is 11.0. The second-order valence-corrected chi connectivity index (χ2v) is 7.58. The van der Waals surface area contributed by atoms with E-state index in [-0.39, 0.29) is 17.9 Å². The van der Waals surface area contributed by atoms with Gasteiger partial charge in [0.25, 0.3) is 5.56 Å². The van der Waals surface area contributed by atoms with Crippen molar-refractivity contribution in [2.24, 2.45) is 0 Å². The first-order valence-corrected chi connectivity index (χ1v) is 8.96. The molecule has 4 nitrogen and oxygen atoms in total. The molecule has 0 spiro atoms. The molecule has 0 aliphatic rings. The van der Waals surface area contributed by atoms with Crippen molar-refractivity contribution in [3.63, 3.8) is 0 Å². The predicted octanol–water partition coefficient (Wildman–Crippen LogP) is 4.57. The summed E-state index contributed by atoms with van der Waals surface area (Å²) in [5, 5.41) is 0.456. The molecule has 0 fully saturated rings. The Bertz CT molecular complexity index is 965. The van der Waals surface area contributed by atoms with E-state index in [1.165, 1.54) is 10.9 Å². The van der Waals surface area contributed by atoms with E-state index in [1.807, 2.05) is 6.07 Å². The average molecular weight is 501 g/mol. The van der Waals surface area contributed by atoms with E-state index in [9.17, 15) is 9.59 Å². The summed E-state index contributed by atoms with van der Waals surface area (Å²) < 4.78 is 3.72. The SMILES string of the molecule is O=C(Cn1cnc2c(Br)cc(Br)cc2c1=O)c1ccc(Br)cc1. The third kappa shape index (κ3) is 3.46. The lowest BCUT2D eigenvalue weighted by atomic mass is 10.1. The van der Waals surface area contributed by atoms with Crippen LogP contribution < -0.4 is 5.56 Å². The van der Waals surface area contributed by atoms with Crippen LogP contribution in [0.1, 0.15) is 10.4 Å². The van der Waals surface area contributed by atoms with E-state index in [4.69, 9.17) is 0 Å². The summed E-state index contributed by atoms with van der Waals surface area (Å²) in [5.41, 5.74) is 0.878.